The van der Waals surface area contributed by atoms with Gasteiger partial charge in [0.2, 0.25) is 0 Å². The Kier molecular flexibility index (Phi) is 5.89. The zero-order valence-corrected chi connectivity index (χ0v) is 15.2. The Morgan fingerprint density at radius 3 is 2.71 bits per heavy atom. The quantitative estimate of drug-likeness (QED) is 0.540. The van der Waals surface area contributed by atoms with E-state index in [0.717, 1.165) is 25.7 Å². The Balaban J connectivity index is 1.57. The van der Waals surface area contributed by atoms with Gasteiger partial charge in [0.05, 0.1) is 25.1 Å². The van der Waals surface area contributed by atoms with Gasteiger partial charge in [0.1, 0.15) is 0 Å². The molecule has 1 heterocycles. The van der Waals surface area contributed by atoms with Crippen LogP contribution >= 0.6 is 0 Å². The van der Waals surface area contributed by atoms with Crippen molar-refractivity contribution >= 4 is 0 Å². The molecule has 0 aromatic heterocycles. The lowest BCUT2D eigenvalue weighted by atomic mass is 9.88. The van der Waals surface area contributed by atoms with Crippen LogP contribution in [0.15, 0.2) is 11.8 Å². The van der Waals surface area contributed by atoms with Crippen LogP contribution in [0.2, 0.25) is 0 Å². The first-order valence-electron chi connectivity index (χ1n) is 9.89. The number of allylic oxidation sites excluding steroid dienone is 1. The van der Waals surface area contributed by atoms with Crippen LogP contribution in [0.1, 0.15) is 65.2 Å². The molecular weight excluding hydrogens is 304 g/mol. The molecule has 1 unspecified atom stereocenters. The van der Waals surface area contributed by atoms with Crippen molar-refractivity contribution in [3.8, 4) is 0 Å². The lowest BCUT2D eigenvalue weighted by Crippen LogP contribution is -2.30. The Morgan fingerprint density at radius 2 is 2.00 bits per heavy atom. The molecule has 0 amide bonds. The summed E-state index contributed by atoms with van der Waals surface area (Å²) in [7, 11) is 0. The topological polar surface area (TPSA) is 58.9 Å². The van der Waals surface area contributed by atoms with E-state index in [1.807, 2.05) is 6.08 Å². The highest BCUT2D eigenvalue weighted by atomic mass is 16.7. The fourth-order valence-corrected chi connectivity index (χ4v) is 5.05. The minimum absolute atomic E-state index is 0.134. The summed E-state index contributed by atoms with van der Waals surface area (Å²) in [4.78, 5) is 0. The Bertz CT molecular complexity index is 441. The van der Waals surface area contributed by atoms with Gasteiger partial charge in [-0.3, -0.25) is 0 Å². The number of hydrogen-bond acceptors (Lipinski definition) is 4. The SMILES string of the molecule is CCCCCC(C)C/C=C(/O)[C@@H]1[C@H]2CC3(C[C@H]2C[C@H]1O)OCCO3. The van der Waals surface area contributed by atoms with Crippen LogP contribution in [0.4, 0.5) is 0 Å². The first-order valence-corrected chi connectivity index (χ1v) is 9.89. The van der Waals surface area contributed by atoms with Crippen LogP contribution in [0.25, 0.3) is 0 Å². The third kappa shape index (κ3) is 3.81. The van der Waals surface area contributed by atoms with Gasteiger partial charge in [-0.25, -0.2) is 0 Å². The first-order chi connectivity index (χ1) is 11.5. The second-order valence-corrected chi connectivity index (χ2v) is 8.23. The Morgan fingerprint density at radius 1 is 1.25 bits per heavy atom. The summed E-state index contributed by atoms with van der Waals surface area (Å²) in [5.41, 5.74) is 0. The first kappa shape index (κ1) is 18.2. The molecule has 3 fully saturated rings. The molecule has 2 aliphatic carbocycles. The number of hydrogen-bond donors (Lipinski definition) is 2. The van der Waals surface area contributed by atoms with Crippen LogP contribution in [-0.4, -0.2) is 35.3 Å². The highest BCUT2D eigenvalue weighted by Crippen LogP contribution is 2.55. The van der Waals surface area contributed by atoms with Gasteiger partial charge in [-0.1, -0.05) is 39.5 Å². The molecule has 4 nitrogen and oxygen atoms in total. The van der Waals surface area contributed by atoms with Gasteiger partial charge in [-0.05, 0) is 36.7 Å². The van der Waals surface area contributed by atoms with Gasteiger partial charge in [0.25, 0.3) is 0 Å². The number of ether oxygens (including phenoxy) is 2. The smallest absolute Gasteiger partial charge is 0.169 e. The van der Waals surface area contributed by atoms with Crippen molar-refractivity contribution in [1.29, 1.82) is 0 Å². The summed E-state index contributed by atoms with van der Waals surface area (Å²) < 4.78 is 11.7. The molecule has 0 bridgehead atoms. The molecule has 24 heavy (non-hydrogen) atoms. The maximum atomic E-state index is 10.6. The van der Waals surface area contributed by atoms with Gasteiger partial charge in [0, 0.05) is 18.8 Å². The minimum Gasteiger partial charge on any atom is -0.512 e. The predicted molar refractivity (Wildman–Crippen MR) is 93.6 cm³/mol. The van der Waals surface area contributed by atoms with Crippen LogP contribution < -0.4 is 0 Å². The summed E-state index contributed by atoms with van der Waals surface area (Å²) in [5, 5.41) is 21.1. The highest BCUT2D eigenvalue weighted by molar-refractivity contribution is 5.12. The molecule has 0 aromatic rings. The van der Waals surface area contributed by atoms with E-state index in [1.165, 1.54) is 25.7 Å². The summed E-state index contributed by atoms with van der Waals surface area (Å²) in [5.74, 6) is 1.11. The van der Waals surface area contributed by atoms with Crippen molar-refractivity contribution in [2.45, 2.75) is 77.1 Å². The molecule has 5 atom stereocenters. The maximum absolute atomic E-state index is 10.6. The number of unbranched alkanes of at least 4 members (excludes halogenated alkanes) is 2. The molecule has 1 saturated heterocycles. The Labute approximate surface area is 146 Å². The molecule has 2 saturated carbocycles. The highest BCUT2D eigenvalue weighted by Gasteiger charge is 2.57. The van der Waals surface area contributed by atoms with E-state index in [9.17, 15) is 10.2 Å². The van der Waals surface area contributed by atoms with E-state index in [4.69, 9.17) is 9.47 Å². The van der Waals surface area contributed by atoms with Gasteiger partial charge in [-0.2, -0.15) is 0 Å². The lowest BCUT2D eigenvalue weighted by Gasteiger charge is -2.26. The standard InChI is InChI=1S/C20H34O4/c1-3-4-5-6-14(2)7-8-17(21)19-16-13-20(23-9-10-24-20)12-15(16)11-18(19)22/h8,14-16,18-19,21-22H,3-7,9-13H2,1-2H3/b17-8+/t14?,15-,16+,18-,19+/m1/s1. The zero-order valence-electron chi connectivity index (χ0n) is 15.2. The molecule has 0 radical (unpaired) electrons. The normalized spacial score (nSPS) is 36.4. The monoisotopic (exact) mass is 338 g/mol. The summed E-state index contributed by atoms with van der Waals surface area (Å²) in [6.45, 7) is 5.81. The van der Waals surface area contributed by atoms with Gasteiger partial charge in [-0.15, -0.1) is 0 Å². The van der Waals surface area contributed by atoms with E-state index < -0.39 is 11.9 Å². The average Bonchev–Trinajstić information content (AvgIpc) is 3.20. The molecule has 0 aromatic carbocycles. The zero-order chi connectivity index (χ0) is 17.2. The number of aliphatic hydroxyl groups is 2. The minimum atomic E-state index is -0.429. The van der Waals surface area contributed by atoms with Crippen molar-refractivity contribution in [2.24, 2.45) is 23.7 Å². The van der Waals surface area contributed by atoms with Crippen LogP contribution in [0, 0.1) is 23.7 Å². The molecule has 3 rings (SSSR count). The van der Waals surface area contributed by atoms with Crippen molar-refractivity contribution in [2.75, 3.05) is 13.2 Å². The van der Waals surface area contributed by atoms with Crippen molar-refractivity contribution in [3.63, 3.8) is 0 Å². The average molecular weight is 338 g/mol. The molecule has 4 heteroatoms. The molecular formula is C20H34O4. The molecule has 3 aliphatic rings. The second-order valence-electron chi connectivity index (χ2n) is 8.23. The van der Waals surface area contributed by atoms with Gasteiger partial charge in [0.15, 0.2) is 5.79 Å². The summed E-state index contributed by atoms with van der Waals surface area (Å²) in [6, 6.07) is 0. The van der Waals surface area contributed by atoms with E-state index in [2.05, 4.69) is 13.8 Å². The van der Waals surface area contributed by atoms with E-state index in [1.54, 1.807) is 0 Å². The van der Waals surface area contributed by atoms with Crippen molar-refractivity contribution in [3.05, 3.63) is 11.8 Å². The molecule has 1 aliphatic heterocycles. The van der Waals surface area contributed by atoms with E-state index >= 15 is 0 Å². The van der Waals surface area contributed by atoms with Crippen LogP contribution in [0.3, 0.4) is 0 Å². The van der Waals surface area contributed by atoms with Gasteiger partial charge < -0.3 is 19.7 Å². The van der Waals surface area contributed by atoms with E-state index in [-0.39, 0.29) is 11.8 Å². The number of rotatable bonds is 7. The van der Waals surface area contributed by atoms with Crippen molar-refractivity contribution in [1.82, 2.24) is 0 Å². The largest absolute Gasteiger partial charge is 0.512 e. The molecule has 1 spiro atoms. The van der Waals surface area contributed by atoms with Crippen LogP contribution in [-0.2, 0) is 9.47 Å². The predicted octanol–water partition coefficient (Wildman–Crippen LogP) is 4.18. The number of aliphatic hydroxyl groups excluding tert-OH is 2. The fraction of sp³-hybridized carbons (Fsp3) is 0.900. The number of fused-ring (bicyclic) bond motifs is 1. The van der Waals surface area contributed by atoms with Gasteiger partial charge >= 0.3 is 0 Å². The maximum Gasteiger partial charge on any atom is 0.169 e. The third-order valence-electron chi connectivity index (χ3n) is 6.33. The fourth-order valence-electron chi connectivity index (χ4n) is 5.05. The molecule has 138 valence electrons. The Hall–Kier alpha value is -0.580. The third-order valence-corrected chi connectivity index (χ3v) is 6.33. The summed E-state index contributed by atoms with van der Waals surface area (Å²) in [6.07, 6.45) is 9.88. The summed E-state index contributed by atoms with van der Waals surface area (Å²) >= 11 is 0. The second kappa shape index (κ2) is 7.76. The van der Waals surface area contributed by atoms with E-state index in [0.29, 0.717) is 30.8 Å². The van der Waals surface area contributed by atoms with Crippen molar-refractivity contribution < 1.29 is 19.7 Å². The molecule has 2 N–H and O–H groups in total. The lowest BCUT2D eigenvalue weighted by molar-refractivity contribution is -0.157. The van der Waals surface area contributed by atoms with Crippen LogP contribution in [0.5, 0.6) is 0 Å².